The smallest absolute Gasteiger partial charge is 0.270 e. The van der Waals surface area contributed by atoms with E-state index in [1.807, 2.05) is 19.1 Å². The van der Waals surface area contributed by atoms with Crippen molar-refractivity contribution in [3.63, 3.8) is 0 Å². The minimum absolute atomic E-state index is 0.146. The molecule has 2 atom stereocenters. The van der Waals surface area contributed by atoms with E-state index in [-0.39, 0.29) is 18.6 Å². The van der Waals surface area contributed by atoms with Crippen LogP contribution in [0.1, 0.15) is 22.5 Å². The molecule has 0 saturated carbocycles. The highest BCUT2D eigenvalue weighted by atomic mass is 16.5. The molecule has 4 N–H and O–H groups in total. The second-order valence-corrected chi connectivity index (χ2v) is 7.20. The van der Waals surface area contributed by atoms with Gasteiger partial charge in [-0.25, -0.2) is 9.97 Å². The van der Waals surface area contributed by atoms with Gasteiger partial charge >= 0.3 is 0 Å². The first-order valence-electron chi connectivity index (χ1n) is 10.0. The predicted octanol–water partition coefficient (Wildman–Crippen LogP) is 0.972. The maximum Gasteiger partial charge on any atom is 0.270 e. The van der Waals surface area contributed by atoms with Gasteiger partial charge in [0.15, 0.2) is 5.82 Å². The number of ether oxygens (including phenoxy) is 2. The zero-order valence-corrected chi connectivity index (χ0v) is 17.6. The lowest BCUT2D eigenvalue weighted by atomic mass is 10.1. The summed E-state index contributed by atoms with van der Waals surface area (Å²) in [5.41, 5.74) is 1.72. The lowest BCUT2D eigenvalue weighted by Gasteiger charge is -2.17. The highest BCUT2D eigenvalue weighted by Crippen LogP contribution is 2.26. The van der Waals surface area contributed by atoms with Crippen LogP contribution in [0.15, 0.2) is 24.3 Å². The quantitative estimate of drug-likeness (QED) is 0.479. The summed E-state index contributed by atoms with van der Waals surface area (Å²) >= 11 is 0. The van der Waals surface area contributed by atoms with Crippen LogP contribution in [0.25, 0.3) is 11.4 Å². The van der Waals surface area contributed by atoms with Crippen LogP contribution in [0.5, 0.6) is 5.75 Å². The molecule has 162 valence electrons. The van der Waals surface area contributed by atoms with Crippen LogP contribution in [0.4, 0.5) is 5.82 Å². The lowest BCUT2D eigenvalue weighted by Crippen LogP contribution is -2.29. The molecule has 1 aliphatic heterocycles. The summed E-state index contributed by atoms with van der Waals surface area (Å²) in [4.78, 5) is 21.6. The molecular weight excluding hydrogens is 386 g/mol. The largest absolute Gasteiger partial charge is 0.491 e. The molecule has 30 heavy (non-hydrogen) atoms. The number of benzene rings is 1. The number of nitrogens with zero attached hydrogens (tertiary/aromatic N) is 2. The van der Waals surface area contributed by atoms with E-state index in [4.69, 9.17) is 9.47 Å². The first-order chi connectivity index (χ1) is 14.5. The van der Waals surface area contributed by atoms with E-state index in [1.165, 1.54) is 0 Å². The minimum atomic E-state index is -0.612. The number of hydrogen-bond acceptors (Lipinski definition) is 8. The van der Waals surface area contributed by atoms with E-state index in [9.17, 15) is 9.90 Å². The number of amides is 1. The number of anilines is 1. The van der Waals surface area contributed by atoms with Crippen molar-refractivity contribution in [2.24, 2.45) is 0 Å². The number of aliphatic hydroxyl groups is 1. The molecule has 2 heterocycles. The van der Waals surface area contributed by atoms with Gasteiger partial charge < -0.3 is 30.5 Å². The van der Waals surface area contributed by atoms with E-state index < -0.39 is 6.10 Å². The molecule has 1 aromatic carbocycles. The Bertz CT molecular complexity index is 870. The van der Waals surface area contributed by atoms with Crippen molar-refractivity contribution in [1.29, 1.82) is 0 Å². The molecule has 1 fully saturated rings. The predicted molar refractivity (Wildman–Crippen MR) is 114 cm³/mol. The number of nitrogens with one attached hydrogen (secondary N) is 3. The summed E-state index contributed by atoms with van der Waals surface area (Å²) in [7, 11) is 3.35. The van der Waals surface area contributed by atoms with Gasteiger partial charge in [-0.05, 0) is 32.5 Å². The van der Waals surface area contributed by atoms with Gasteiger partial charge in [-0.2, -0.15) is 0 Å². The van der Waals surface area contributed by atoms with E-state index in [0.717, 1.165) is 6.42 Å². The van der Waals surface area contributed by atoms with Crippen molar-refractivity contribution < 1.29 is 19.4 Å². The number of carbonyl (C=O) groups is 1. The SMILES string of the molecule is CNCC(O)COc1cccc(-c2nc(NC3CCOC3)c(C)c(C(=O)NC)n2)c1. The van der Waals surface area contributed by atoms with Crippen molar-refractivity contribution in [2.75, 3.05) is 45.8 Å². The van der Waals surface area contributed by atoms with E-state index in [2.05, 4.69) is 25.9 Å². The van der Waals surface area contributed by atoms with Crippen molar-refractivity contribution in [1.82, 2.24) is 20.6 Å². The van der Waals surface area contributed by atoms with Gasteiger partial charge in [0, 0.05) is 31.3 Å². The highest BCUT2D eigenvalue weighted by molar-refractivity contribution is 5.95. The Morgan fingerprint density at radius 3 is 2.90 bits per heavy atom. The molecule has 1 aromatic heterocycles. The van der Waals surface area contributed by atoms with Gasteiger partial charge in [0.05, 0.1) is 12.6 Å². The zero-order valence-electron chi connectivity index (χ0n) is 17.6. The fraction of sp³-hybridized carbons (Fsp3) is 0.476. The van der Waals surface area contributed by atoms with Crippen molar-refractivity contribution >= 4 is 11.7 Å². The van der Waals surface area contributed by atoms with Gasteiger partial charge in [0.25, 0.3) is 5.91 Å². The number of carbonyl (C=O) groups excluding carboxylic acids is 1. The van der Waals surface area contributed by atoms with Crippen molar-refractivity contribution in [3.05, 3.63) is 35.5 Å². The molecule has 9 nitrogen and oxygen atoms in total. The first kappa shape index (κ1) is 21.9. The Hall–Kier alpha value is -2.75. The molecule has 1 saturated heterocycles. The van der Waals surface area contributed by atoms with Gasteiger partial charge in [-0.15, -0.1) is 0 Å². The van der Waals surface area contributed by atoms with Gasteiger partial charge in [-0.1, -0.05) is 12.1 Å². The van der Waals surface area contributed by atoms with Crippen LogP contribution < -0.4 is 20.7 Å². The molecule has 0 radical (unpaired) electrons. The molecule has 9 heteroatoms. The second-order valence-electron chi connectivity index (χ2n) is 7.20. The van der Waals surface area contributed by atoms with E-state index in [1.54, 1.807) is 26.2 Å². The van der Waals surface area contributed by atoms with E-state index >= 15 is 0 Å². The Kier molecular flexibility index (Phi) is 7.56. The molecule has 0 spiro atoms. The molecule has 2 aromatic rings. The topological polar surface area (TPSA) is 118 Å². The summed E-state index contributed by atoms with van der Waals surface area (Å²) in [5.74, 6) is 1.35. The summed E-state index contributed by atoms with van der Waals surface area (Å²) in [6.45, 7) is 3.74. The Morgan fingerprint density at radius 2 is 2.20 bits per heavy atom. The Labute approximate surface area is 176 Å². The van der Waals surface area contributed by atoms with Crippen LogP contribution in [0.3, 0.4) is 0 Å². The molecule has 0 aliphatic carbocycles. The Balaban J connectivity index is 1.90. The monoisotopic (exact) mass is 415 g/mol. The van der Waals surface area contributed by atoms with Crippen molar-refractivity contribution in [2.45, 2.75) is 25.5 Å². The number of likely N-dealkylation sites (N-methyl/N-ethyl adjacent to an activating group) is 1. The number of aromatic nitrogens is 2. The molecule has 1 amide bonds. The molecular formula is C21H29N5O4. The second kappa shape index (κ2) is 10.3. The summed E-state index contributed by atoms with van der Waals surface area (Å²) < 4.78 is 11.1. The molecule has 2 unspecified atom stereocenters. The van der Waals surface area contributed by atoms with Crippen LogP contribution >= 0.6 is 0 Å². The summed E-state index contributed by atoms with van der Waals surface area (Å²) in [5, 5.41) is 18.8. The first-order valence-corrected chi connectivity index (χ1v) is 10.0. The van der Waals surface area contributed by atoms with Gasteiger partial charge in [0.2, 0.25) is 0 Å². The molecule has 3 rings (SSSR count). The average Bonchev–Trinajstić information content (AvgIpc) is 3.27. The van der Waals surface area contributed by atoms with Crippen molar-refractivity contribution in [3.8, 4) is 17.1 Å². The Morgan fingerprint density at radius 1 is 1.37 bits per heavy atom. The number of rotatable bonds is 9. The number of aliphatic hydroxyl groups excluding tert-OH is 1. The minimum Gasteiger partial charge on any atom is -0.491 e. The normalized spacial score (nSPS) is 16.9. The molecule has 0 bridgehead atoms. The summed E-state index contributed by atoms with van der Waals surface area (Å²) in [6, 6.07) is 7.44. The maximum absolute atomic E-state index is 12.4. The third kappa shape index (κ3) is 5.44. The average molecular weight is 415 g/mol. The fourth-order valence-corrected chi connectivity index (χ4v) is 3.18. The number of hydrogen-bond donors (Lipinski definition) is 4. The van der Waals surface area contributed by atoms with E-state index in [0.29, 0.717) is 54.0 Å². The summed E-state index contributed by atoms with van der Waals surface area (Å²) in [6.07, 6.45) is 0.269. The zero-order chi connectivity index (χ0) is 21.5. The van der Waals surface area contributed by atoms with Gasteiger partial charge in [-0.3, -0.25) is 4.79 Å². The third-order valence-electron chi connectivity index (χ3n) is 4.83. The van der Waals surface area contributed by atoms with Crippen LogP contribution in [-0.4, -0.2) is 73.6 Å². The third-order valence-corrected chi connectivity index (χ3v) is 4.83. The molecule has 1 aliphatic rings. The fourth-order valence-electron chi connectivity index (χ4n) is 3.18. The van der Waals surface area contributed by atoms with Crippen LogP contribution in [0.2, 0.25) is 0 Å². The van der Waals surface area contributed by atoms with Crippen LogP contribution in [-0.2, 0) is 4.74 Å². The maximum atomic E-state index is 12.4. The highest BCUT2D eigenvalue weighted by Gasteiger charge is 2.21. The van der Waals surface area contributed by atoms with Crippen LogP contribution in [0, 0.1) is 6.92 Å². The lowest BCUT2D eigenvalue weighted by molar-refractivity contribution is 0.0957. The standard InChI is InChI=1S/C21H29N5O4/c1-13-18(21(28)23-3)25-20(26-19(13)24-15-7-8-29-11-15)14-5-4-6-17(9-14)30-12-16(27)10-22-2/h4-6,9,15-16,22,27H,7-8,10-12H2,1-3H3,(H,23,28)(H,24,25,26). The van der Waals surface area contributed by atoms with Gasteiger partial charge in [0.1, 0.15) is 30.0 Å².